The standard InChI is InChI=1S/C14H21N3O3/c1-14(2,3)17-8-10(7-15-17)12(18)16-11(13(19)20)6-9-4-5-9/h7-9,11H,4-6H2,1-3H3,(H,16,18)(H,19,20). The summed E-state index contributed by atoms with van der Waals surface area (Å²) in [6, 6.07) is -0.812. The van der Waals surface area contributed by atoms with Crippen LogP contribution in [0.1, 0.15) is 50.4 Å². The van der Waals surface area contributed by atoms with E-state index >= 15 is 0 Å². The highest BCUT2D eigenvalue weighted by Crippen LogP contribution is 2.33. The Labute approximate surface area is 118 Å². The Balaban J connectivity index is 2.02. The fourth-order valence-corrected chi connectivity index (χ4v) is 1.96. The van der Waals surface area contributed by atoms with E-state index in [9.17, 15) is 9.59 Å². The Morgan fingerprint density at radius 2 is 2.15 bits per heavy atom. The largest absolute Gasteiger partial charge is 0.480 e. The summed E-state index contributed by atoms with van der Waals surface area (Å²) in [5.41, 5.74) is 0.181. The summed E-state index contributed by atoms with van der Waals surface area (Å²) in [5, 5.41) is 15.9. The Hall–Kier alpha value is -1.85. The lowest BCUT2D eigenvalue weighted by Crippen LogP contribution is -2.41. The number of carbonyl (C=O) groups excluding carboxylic acids is 1. The first-order valence-electron chi connectivity index (χ1n) is 6.86. The van der Waals surface area contributed by atoms with Gasteiger partial charge in [-0.25, -0.2) is 4.79 Å². The molecule has 2 N–H and O–H groups in total. The van der Waals surface area contributed by atoms with E-state index in [0.29, 0.717) is 17.9 Å². The lowest BCUT2D eigenvalue weighted by Gasteiger charge is -2.18. The average Bonchev–Trinajstić information content (AvgIpc) is 2.99. The second-order valence-electron chi connectivity index (χ2n) is 6.39. The number of carbonyl (C=O) groups is 2. The fraction of sp³-hybridized carbons (Fsp3) is 0.643. The van der Waals surface area contributed by atoms with E-state index in [0.717, 1.165) is 12.8 Å². The van der Waals surface area contributed by atoms with E-state index in [1.807, 2.05) is 20.8 Å². The van der Waals surface area contributed by atoms with Gasteiger partial charge < -0.3 is 10.4 Å². The number of hydrogen-bond donors (Lipinski definition) is 2. The molecule has 6 heteroatoms. The van der Waals surface area contributed by atoms with Crippen molar-refractivity contribution in [3.63, 3.8) is 0 Å². The maximum absolute atomic E-state index is 12.1. The average molecular weight is 279 g/mol. The number of nitrogens with zero attached hydrogens (tertiary/aromatic N) is 2. The topological polar surface area (TPSA) is 84.2 Å². The number of carboxylic acids is 1. The molecule has 20 heavy (non-hydrogen) atoms. The first-order valence-corrected chi connectivity index (χ1v) is 6.86. The van der Waals surface area contributed by atoms with Crippen LogP contribution in [0.3, 0.4) is 0 Å². The summed E-state index contributed by atoms with van der Waals surface area (Å²) in [6.07, 6.45) is 5.74. The van der Waals surface area contributed by atoms with Gasteiger partial charge in [0.05, 0.1) is 17.3 Å². The van der Waals surface area contributed by atoms with E-state index in [-0.39, 0.29) is 11.4 Å². The van der Waals surface area contributed by atoms with Crippen LogP contribution in [0.2, 0.25) is 0 Å². The third-order valence-corrected chi connectivity index (χ3v) is 3.40. The van der Waals surface area contributed by atoms with E-state index < -0.39 is 12.0 Å². The normalized spacial score (nSPS) is 16.8. The molecular weight excluding hydrogens is 258 g/mol. The lowest BCUT2D eigenvalue weighted by atomic mass is 10.1. The Morgan fingerprint density at radius 3 is 2.60 bits per heavy atom. The van der Waals surface area contributed by atoms with Crippen LogP contribution in [-0.4, -0.2) is 32.8 Å². The van der Waals surface area contributed by atoms with Crippen LogP contribution >= 0.6 is 0 Å². The molecular formula is C14H21N3O3. The summed E-state index contributed by atoms with van der Waals surface area (Å²) in [7, 11) is 0. The minimum absolute atomic E-state index is 0.210. The Morgan fingerprint density at radius 1 is 1.50 bits per heavy atom. The van der Waals surface area contributed by atoms with Crippen LogP contribution in [0, 0.1) is 5.92 Å². The van der Waals surface area contributed by atoms with Crippen molar-refractivity contribution in [3.8, 4) is 0 Å². The molecule has 1 aliphatic carbocycles. The number of nitrogens with one attached hydrogen (secondary N) is 1. The molecule has 1 unspecified atom stereocenters. The second-order valence-corrected chi connectivity index (χ2v) is 6.39. The molecule has 0 aliphatic heterocycles. The SMILES string of the molecule is CC(C)(C)n1cc(C(=O)NC(CC2CC2)C(=O)O)cn1. The van der Waals surface area contributed by atoms with E-state index in [2.05, 4.69) is 10.4 Å². The first-order chi connectivity index (χ1) is 9.27. The van der Waals surface area contributed by atoms with Crippen LogP contribution in [0.25, 0.3) is 0 Å². The zero-order valence-corrected chi connectivity index (χ0v) is 12.1. The number of rotatable bonds is 5. The molecule has 2 rings (SSSR count). The zero-order valence-electron chi connectivity index (χ0n) is 12.1. The maximum atomic E-state index is 12.1. The molecule has 1 amide bonds. The molecule has 1 atom stereocenters. The van der Waals surface area contributed by atoms with E-state index in [4.69, 9.17) is 5.11 Å². The molecule has 1 heterocycles. The number of aliphatic carboxylic acids is 1. The van der Waals surface area contributed by atoms with Gasteiger partial charge in [0.25, 0.3) is 5.91 Å². The van der Waals surface area contributed by atoms with Gasteiger partial charge in [0.1, 0.15) is 6.04 Å². The quantitative estimate of drug-likeness (QED) is 0.857. The predicted octanol–water partition coefficient (Wildman–Crippen LogP) is 1.62. The highest BCUT2D eigenvalue weighted by molar-refractivity contribution is 5.96. The van der Waals surface area contributed by atoms with Crippen molar-refractivity contribution in [1.82, 2.24) is 15.1 Å². The molecule has 110 valence electrons. The van der Waals surface area contributed by atoms with Crippen molar-refractivity contribution in [1.29, 1.82) is 0 Å². The fourth-order valence-electron chi connectivity index (χ4n) is 1.96. The minimum atomic E-state index is -0.978. The molecule has 0 radical (unpaired) electrons. The van der Waals surface area contributed by atoms with E-state index in [1.165, 1.54) is 6.20 Å². The van der Waals surface area contributed by atoms with E-state index in [1.54, 1.807) is 10.9 Å². The van der Waals surface area contributed by atoms with Crippen molar-refractivity contribution in [2.45, 2.75) is 51.6 Å². The molecule has 0 bridgehead atoms. The molecule has 0 saturated heterocycles. The zero-order chi connectivity index (χ0) is 14.9. The van der Waals surface area contributed by atoms with Crippen molar-refractivity contribution in [2.75, 3.05) is 0 Å². The van der Waals surface area contributed by atoms with Crippen molar-refractivity contribution in [3.05, 3.63) is 18.0 Å². The number of carboxylic acid groups (broad SMARTS) is 1. The van der Waals surface area contributed by atoms with Gasteiger partial charge in [-0.2, -0.15) is 5.10 Å². The van der Waals surface area contributed by atoms with Gasteiger partial charge in [-0.15, -0.1) is 0 Å². The highest BCUT2D eigenvalue weighted by atomic mass is 16.4. The van der Waals surface area contributed by atoms with Gasteiger partial charge in [0.15, 0.2) is 0 Å². The highest BCUT2D eigenvalue weighted by Gasteiger charge is 2.30. The van der Waals surface area contributed by atoms with Gasteiger partial charge in [-0.1, -0.05) is 12.8 Å². The summed E-state index contributed by atoms with van der Waals surface area (Å²) in [4.78, 5) is 23.2. The monoisotopic (exact) mass is 279 g/mol. The predicted molar refractivity (Wildman–Crippen MR) is 73.5 cm³/mol. The summed E-state index contributed by atoms with van der Waals surface area (Å²) >= 11 is 0. The van der Waals surface area contributed by atoms with Crippen molar-refractivity contribution in [2.24, 2.45) is 5.92 Å². The first kappa shape index (κ1) is 14.6. The van der Waals surface area contributed by atoms with Crippen molar-refractivity contribution >= 4 is 11.9 Å². The van der Waals surface area contributed by atoms with Gasteiger partial charge in [-0.05, 0) is 33.1 Å². The van der Waals surface area contributed by atoms with Gasteiger partial charge in [-0.3, -0.25) is 9.48 Å². The maximum Gasteiger partial charge on any atom is 0.326 e. The van der Waals surface area contributed by atoms with Crippen LogP contribution in [-0.2, 0) is 10.3 Å². The van der Waals surface area contributed by atoms with Crippen LogP contribution in [0.4, 0.5) is 0 Å². The smallest absolute Gasteiger partial charge is 0.326 e. The second kappa shape index (κ2) is 5.26. The lowest BCUT2D eigenvalue weighted by molar-refractivity contribution is -0.139. The third-order valence-electron chi connectivity index (χ3n) is 3.40. The molecule has 0 spiro atoms. The summed E-state index contributed by atoms with van der Waals surface area (Å²) in [6.45, 7) is 5.94. The third kappa shape index (κ3) is 3.59. The molecule has 1 aromatic rings. The number of aromatic nitrogens is 2. The van der Waals surface area contributed by atoms with Crippen LogP contribution < -0.4 is 5.32 Å². The molecule has 1 fully saturated rings. The van der Waals surface area contributed by atoms with Crippen molar-refractivity contribution < 1.29 is 14.7 Å². The summed E-state index contributed by atoms with van der Waals surface area (Å²) < 4.78 is 1.69. The Kier molecular flexibility index (Phi) is 3.83. The van der Waals surface area contributed by atoms with Crippen LogP contribution in [0.15, 0.2) is 12.4 Å². The number of hydrogen-bond acceptors (Lipinski definition) is 3. The summed E-state index contributed by atoms with van der Waals surface area (Å²) in [5.74, 6) is -0.921. The van der Waals surface area contributed by atoms with Gasteiger partial charge in [0, 0.05) is 6.20 Å². The van der Waals surface area contributed by atoms with Gasteiger partial charge in [0.2, 0.25) is 0 Å². The Bertz CT molecular complexity index is 512. The van der Waals surface area contributed by atoms with Gasteiger partial charge >= 0.3 is 5.97 Å². The molecule has 0 aromatic carbocycles. The number of amides is 1. The molecule has 1 aromatic heterocycles. The minimum Gasteiger partial charge on any atom is -0.480 e. The molecule has 1 aliphatic rings. The van der Waals surface area contributed by atoms with Crippen LogP contribution in [0.5, 0.6) is 0 Å². The molecule has 6 nitrogen and oxygen atoms in total. The molecule has 1 saturated carbocycles.